The zero-order chi connectivity index (χ0) is 77.2. The summed E-state index contributed by atoms with van der Waals surface area (Å²) >= 11 is 0. The summed E-state index contributed by atoms with van der Waals surface area (Å²) in [5, 5.41) is 10.7. The SMILES string of the molecule is CCCCCCCCCCCCCCCCCCCCCCCC(=O)O[C@H](COC(=O)CCCCCCCCCCCCCCCCC(C)C)COP(=O)(O)OC[C@@H](O)COP(=O)(O)OC[C@@H](COC(=O)CCCCCCCCCCCC(C)C)OC(=O)CCCCCCCCCCCCCCC(C)C. The van der Waals surface area contributed by atoms with Crippen LogP contribution in [0.15, 0.2) is 0 Å². The van der Waals surface area contributed by atoms with E-state index >= 15 is 0 Å². The molecule has 0 saturated heterocycles. The molecule has 624 valence electrons. The van der Waals surface area contributed by atoms with Crippen molar-refractivity contribution in [2.24, 2.45) is 17.8 Å². The van der Waals surface area contributed by atoms with Crippen molar-refractivity contribution in [1.29, 1.82) is 0 Å². The molecule has 3 N–H and O–H groups in total. The van der Waals surface area contributed by atoms with Gasteiger partial charge in [-0.25, -0.2) is 9.13 Å². The summed E-state index contributed by atoms with van der Waals surface area (Å²) in [7, 11) is -9.93. The van der Waals surface area contributed by atoms with Crippen molar-refractivity contribution in [3.8, 4) is 0 Å². The van der Waals surface area contributed by atoms with Gasteiger partial charge in [0.1, 0.15) is 19.3 Å². The summed E-state index contributed by atoms with van der Waals surface area (Å²) in [5.74, 6) is 0.215. The monoisotopic (exact) mass is 1540 g/mol. The number of carbonyl (C=O) groups excluding carboxylic acids is 4. The molecule has 5 atom stereocenters. The number of hydrogen-bond acceptors (Lipinski definition) is 15. The van der Waals surface area contributed by atoms with E-state index in [-0.39, 0.29) is 25.7 Å². The van der Waals surface area contributed by atoms with Gasteiger partial charge in [0.2, 0.25) is 0 Å². The third-order valence-corrected chi connectivity index (χ3v) is 22.0. The fourth-order valence-corrected chi connectivity index (χ4v) is 14.9. The number of ether oxygens (including phenoxy) is 4. The summed E-state index contributed by atoms with van der Waals surface area (Å²) in [6, 6.07) is 0. The highest BCUT2D eigenvalue weighted by atomic mass is 31.2. The maximum Gasteiger partial charge on any atom is 0.472 e. The molecule has 0 aromatic heterocycles. The molecule has 0 spiro atoms. The minimum atomic E-state index is -4.97. The van der Waals surface area contributed by atoms with Crippen LogP contribution in [0.3, 0.4) is 0 Å². The second kappa shape index (κ2) is 76.1. The molecule has 0 aliphatic heterocycles. The van der Waals surface area contributed by atoms with Gasteiger partial charge >= 0.3 is 39.5 Å². The minimum absolute atomic E-state index is 0.107. The third-order valence-electron chi connectivity index (χ3n) is 20.1. The Kier molecular flexibility index (Phi) is 74.7. The first-order chi connectivity index (χ1) is 50.7. The number of unbranched alkanes of at least 4 members (excludes halogenated alkanes) is 52. The molecular formula is C86H168O17P2. The normalized spacial score (nSPS) is 13.9. The van der Waals surface area contributed by atoms with E-state index in [2.05, 4.69) is 48.5 Å². The van der Waals surface area contributed by atoms with E-state index in [9.17, 15) is 43.2 Å². The first kappa shape index (κ1) is 103. The second-order valence-electron chi connectivity index (χ2n) is 32.4. The van der Waals surface area contributed by atoms with Crippen molar-refractivity contribution < 1.29 is 80.2 Å². The van der Waals surface area contributed by atoms with Gasteiger partial charge in [-0.1, -0.05) is 402 Å². The lowest BCUT2D eigenvalue weighted by Gasteiger charge is -2.21. The fourth-order valence-electron chi connectivity index (χ4n) is 13.4. The van der Waals surface area contributed by atoms with E-state index in [1.807, 2.05) is 0 Å². The molecule has 0 amide bonds. The van der Waals surface area contributed by atoms with Crippen LogP contribution < -0.4 is 0 Å². The van der Waals surface area contributed by atoms with Gasteiger partial charge in [-0.3, -0.25) is 37.3 Å². The van der Waals surface area contributed by atoms with Gasteiger partial charge in [-0.05, 0) is 43.4 Å². The lowest BCUT2D eigenvalue weighted by Crippen LogP contribution is -2.30. The highest BCUT2D eigenvalue weighted by Crippen LogP contribution is 2.45. The number of carbonyl (C=O) groups is 4. The quantitative estimate of drug-likeness (QED) is 0.0222. The molecule has 2 unspecified atom stereocenters. The van der Waals surface area contributed by atoms with E-state index in [1.54, 1.807) is 0 Å². The number of phosphoric acid groups is 2. The summed E-state index contributed by atoms with van der Waals surface area (Å²) in [5.41, 5.74) is 0. The third kappa shape index (κ3) is 79.9. The van der Waals surface area contributed by atoms with Crippen LogP contribution in [0, 0.1) is 17.8 Å². The van der Waals surface area contributed by atoms with Crippen LogP contribution in [0.4, 0.5) is 0 Å². The number of aliphatic hydroxyl groups is 1. The van der Waals surface area contributed by atoms with E-state index in [0.29, 0.717) is 25.7 Å². The van der Waals surface area contributed by atoms with Crippen LogP contribution >= 0.6 is 15.6 Å². The van der Waals surface area contributed by atoms with Crippen molar-refractivity contribution in [3.63, 3.8) is 0 Å². The summed E-state index contributed by atoms with van der Waals surface area (Å²) < 4.78 is 68.9. The lowest BCUT2D eigenvalue weighted by atomic mass is 10.0. The molecule has 0 fully saturated rings. The average molecular weight is 1540 g/mol. The van der Waals surface area contributed by atoms with Crippen LogP contribution in [-0.2, 0) is 65.4 Å². The Bertz CT molecular complexity index is 2030. The predicted octanol–water partition coefficient (Wildman–Crippen LogP) is 26.1. The summed E-state index contributed by atoms with van der Waals surface area (Å²) in [4.78, 5) is 73.2. The van der Waals surface area contributed by atoms with Gasteiger partial charge in [0.05, 0.1) is 26.4 Å². The van der Waals surface area contributed by atoms with Crippen molar-refractivity contribution in [3.05, 3.63) is 0 Å². The molecule has 0 aromatic carbocycles. The van der Waals surface area contributed by atoms with Crippen molar-refractivity contribution >= 4 is 39.5 Å². The molecule has 105 heavy (non-hydrogen) atoms. The number of rotatable bonds is 84. The van der Waals surface area contributed by atoms with Gasteiger partial charge in [-0.2, -0.15) is 0 Å². The Morgan fingerprint density at radius 3 is 0.648 bits per heavy atom. The van der Waals surface area contributed by atoms with E-state index in [0.717, 1.165) is 108 Å². The van der Waals surface area contributed by atoms with Gasteiger partial charge in [0, 0.05) is 25.7 Å². The smallest absolute Gasteiger partial charge is 0.462 e. The largest absolute Gasteiger partial charge is 0.472 e. The molecule has 0 aliphatic rings. The summed E-state index contributed by atoms with van der Waals surface area (Å²) in [6.45, 7) is 12.0. The maximum absolute atomic E-state index is 13.1. The molecule has 0 bridgehead atoms. The second-order valence-corrected chi connectivity index (χ2v) is 35.3. The molecule has 0 aliphatic carbocycles. The number of esters is 4. The van der Waals surface area contributed by atoms with E-state index in [4.69, 9.17) is 37.0 Å². The van der Waals surface area contributed by atoms with Crippen LogP contribution in [0.2, 0.25) is 0 Å². The van der Waals surface area contributed by atoms with Gasteiger partial charge in [-0.15, -0.1) is 0 Å². The van der Waals surface area contributed by atoms with Crippen LogP contribution in [0.25, 0.3) is 0 Å². The van der Waals surface area contributed by atoms with Crippen LogP contribution in [0.1, 0.15) is 453 Å². The van der Waals surface area contributed by atoms with Crippen molar-refractivity contribution in [2.45, 2.75) is 471 Å². The average Bonchev–Trinajstić information content (AvgIpc) is 0.916. The Morgan fingerprint density at radius 1 is 0.257 bits per heavy atom. The first-order valence-corrected chi connectivity index (χ1v) is 47.3. The molecule has 0 saturated carbocycles. The maximum atomic E-state index is 13.1. The zero-order valence-electron chi connectivity index (χ0n) is 69.2. The fraction of sp³-hybridized carbons (Fsp3) is 0.953. The topological polar surface area (TPSA) is 237 Å². The van der Waals surface area contributed by atoms with Gasteiger partial charge in [0.15, 0.2) is 12.2 Å². The van der Waals surface area contributed by atoms with Gasteiger partial charge < -0.3 is 33.8 Å². The number of phosphoric ester groups is 2. The molecule has 0 aromatic rings. The molecule has 0 radical (unpaired) electrons. The Hall–Kier alpha value is -1.94. The van der Waals surface area contributed by atoms with Crippen molar-refractivity contribution in [2.75, 3.05) is 39.6 Å². The first-order valence-electron chi connectivity index (χ1n) is 44.3. The Morgan fingerprint density at radius 2 is 0.438 bits per heavy atom. The molecule has 0 heterocycles. The molecule has 0 rings (SSSR count). The number of aliphatic hydroxyl groups excluding tert-OH is 1. The van der Waals surface area contributed by atoms with Gasteiger partial charge in [0.25, 0.3) is 0 Å². The molecular weight excluding hydrogens is 1370 g/mol. The highest BCUT2D eigenvalue weighted by Gasteiger charge is 2.30. The molecule has 19 heteroatoms. The van der Waals surface area contributed by atoms with Crippen molar-refractivity contribution in [1.82, 2.24) is 0 Å². The molecule has 17 nitrogen and oxygen atoms in total. The zero-order valence-corrected chi connectivity index (χ0v) is 71.0. The lowest BCUT2D eigenvalue weighted by molar-refractivity contribution is -0.161. The summed E-state index contributed by atoms with van der Waals surface area (Å²) in [6.07, 6.45) is 66.7. The highest BCUT2D eigenvalue weighted by molar-refractivity contribution is 7.47. The predicted molar refractivity (Wildman–Crippen MR) is 432 cm³/mol. The van der Waals surface area contributed by atoms with Crippen LogP contribution in [-0.4, -0.2) is 96.7 Å². The van der Waals surface area contributed by atoms with Crippen LogP contribution in [0.5, 0.6) is 0 Å². The standard InChI is InChI=1S/C86H168O17P2/c1-8-9-10-11-12-13-14-15-16-17-18-19-20-21-22-27-33-40-48-55-62-69-85(90)102-81(73-96-83(88)67-60-53-46-39-32-26-24-23-25-30-36-43-50-57-64-77(2)3)75-100-104(92,93)98-71-80(87)72-99-105(94,95)101-76-82(74-97-84(89)68-61-54-47-42-35-38-45-52-59-66-79(6)7)103-86(91)70-63-56-49-41-34-29-28-31-37-44-51-58-65-78(4)5/h77-82,87H,8-76H2,1-7H3,(H,92,93)(H,94,95)/t80-,81-,82-/m1/s1. The minimum Gasteiger partial charge on any atom is -0.462 e. The Labute approximate surface area is 645 Å². The van der Waals surface area contributed by atoms with E-state index in [1.165, 1.54) is 263 Å². The number of hydrogen-bond donors (Lipinski definition) is 3. The Balaban J connectivity index is 5.25. The van der Waals surface area contributed by atoms with E-state index < -0.39 is 97.5 Å².